The molecular weight excluding hydrogens is 865 g/mol. The maximum Gasteiger partial charge on any atom is -0.000740 e. The number of hydrogen-bond donors (Lipinski definition) is 0. The quantitative estimate of drug-likeness (QED) is 0.115. The summed E-state index contributed by atoms with van der Waals surface area (Å²) in [7, 11) is 0. The van der Waals surface area contributed by atoms with Crippen LogP contribution in [0.3, 0.4) is 0 Å². The van der Waals surface area contributed by atoms with Crippen LogP contribution in [0.5, 0.6) is 0 Å². The van der Waals surface area contributed by atoms with Crippen molar-refractivity contribution in [3.63, 3.8) is 0 Å². The zero-order valence-electron chi connectivity index (χ0n) is 40.4. The first-order valence-corrected chi connectivity index (χ1v) is 26.3. The molecule has 0 unspecified atom stereocenters. The van der Waals surface area contributed by atoms with E-state index in [0.717, 1.165) is 25.7 Å². The van der Waals surface area contributed by atoms with E-state index in [2.05, 4.69) is 218 Å². The highest BCUT2D eigenvalue weighted by Gasteiger charge is 2.32. The molecule has 0 heteroatoms. The Bertz CT molecular complexity index is 4160. The molecule has 0 heterocycles. The van der Waals surface area contributed by atoms with Crippen molar-refractivity contribution in [1.82, 2.24) is 0 Å². The summed E-state index contributed by atoms with van der Waals surface area (Å²) >= 11 is 0. The van der Waals surface area contributed by atoms with Crippen LogP contribution in [0, 0.1) is 0 Å². The molecule has 12 aromatic rings. The van der Waals surface area contributed by atoms with E-state index in [1.165, 1.54) is 180 Å². The highest BCUT2D eigenvalue weighted by atomic mass is 14.3. The van der Waals surface area contributed by atoms with Crippen molar-refractivity contribution in [2.45, 2.75) is 51.4 Å². The van der Waals surface area contributed by atoms with E-state index in [0.29, 0.717) is 0 Å². The van der Waals surface area contributed by atoms with Gasteiger partial charge in [0, 0.05) is 0 Å². The minimum Gasteiger partial charge on any atom is -0.0622 e. The van der Waals surface area contributed by atoms with Gasteiger partial charge in [-0.15, -0.1) is 0 Å². The van der Waals surface area contributed by atoms with Crippen LogP contribution in [-0.4, -0.2) is 0 Å². The number of aryl methyl sites for hydroxylation is 4. The molecule has 0 saturated heterocycles. The predicted octanol–water partition coefficient (Wildman–Crippen LogP) is 19.7. The van der Waals surface area contributed by atoms with Crippen LogP contribution in [0.2, 0.25) is 0 Å². The largest absolute Gasteiger partial charge is 0.0622 e. The van der Waals surface area contributed by atoms with E-state index in [4.69, 9.17) is 0 Å². The van der Waals surface area contributed by atoms with Crippen LogP contribution < -0.4 is 0 Å². The van der Waals surface area contributed by atoms with Gasteiger partial charge in [0.15, 0.2) is 0 Å². The van der Waals surface area contributed by atoms with Gasteiger partial charge in [0.2, 0.25) is 0 Å². The van der Waals surface area contributed by atoms with E-state index >= 15 is 0 Å². The molecule has 0 amide bonds. The Morgan fingerprint density at radius 3 is 1.10 bits per heavy atom. The van der Waals surface area contributed by atoms with Gasteiger partial charge in [-0.3, -0.25) is 0 Å². The summed E-state index contributed by atoms with van der Waals surface area (Å²) in [5, 5.41) is 10.5. The third-order valence-corrected chi connectivity index (χ3v) is 16.7. The molecular formula is C72H52. The van der Waals surface area contributed by atoms with Gasteiger partial charge >= 0.3 is 0 Å². The Morgan fingerprint density at radius 1 is 0.194 bits per heavy atom. The third kappa shape index (κ3) is 6.45. The second kappa shape index (κ2) is 16.6. The number of rotatable bonds is 6. The Hall–Kier alpha value is -8.32. The fourth-order valence-electron chi connectivity index (χ4n) is 13.4. The summed E-state index contributed by atoms with van der Waals surface area (Å²) in [4.78, 5) is 0. The lowest BCUT2D eigenvalue weighted by molar-refractivity contribution is 0.686. The van der Waals surface area contributed by atoms with Crippen molar-refractivity contribution in [3.05, 3.63) is 241 Å². The normalized spacial score (nSPS) is 13.7. The monoisotopic (exact) mass is 916 g/mol. The molecule has 72 heavy (non-hydrogen) atoms. The summed E-state index contributed by atoms with van der Waals surface area (Å²) in [6.45, 7) is 0. The first-order chi connectivity index (χ1) is 35.7. The van der Waals surface area contributed by atoms with Crippen LogP contribution in [0.25, 0.3) is 132 Å². The van der Waals surface area contributed by atoms with Gasteiger partial charge in [0.1, 0.15) is 0 Å². The van der Waals surface area contributed by atoms with E-state index in [1.54, 1.807) is 0 Å². The molecule has 0 nitrogen and oxygen atoms in total. The summed E-state index contributed by atoms with van der Waals surface area (Å²) in [6, 6.07) is 83.9. The average molecular weight is 917 g/mol. The summed E-state index contributed by atoms with van der Waals surface area (Å²) in [6.07, 6.45) is 9.57. The highest BCUT2D eigenvalue weighted by Crippen LogP contribution is 2.59. The standard InChI is InChI=1S/C72H52/c1-5-21-47(22-6-1)55-37-38-58-56-31-17-18-32-57(56)69(50-27-11-4-12-28-50)72-66-44-64-63(43-65(66)70(55)71(58)72)67(53-35-33-45-19-13-15-29-51(45)39-53)61-41-59(48-23-7-2-8-24-48)60(49-25-9-3-10-26-49)42-62(61)68(64)54-36-34-46-20-14-16-30-52(46)40-54/h1-12,17-18,21-28,31-44H,13-16,19-20,29-30H2. The number of fused-ring (bicyclic) bond motifs is 9. The zero-order chi connectivity index (χ0) is 47.3. The third-order valence-electron chi connectivity index (χ3n) is 16.7. The molecule has 15 rings (SSSR count). The van der Waals surface area contributed by atoms with Gasteiger partial charge in [-0.05, 0) is 230 Å². The van der Waals surface area contributed by atoms with E-state index < -0.39 is 0 Å². The van der Waals surface area contributed by atoms with Crippen LogP contribution in [0.4, 0.5) is 0 Å². The Morgan fingerprint density at radius 2 is 0.597 bits per heavy atom. The van der Waals surface area contributed by atoms with Gasteiger partial charge in [0.25, 0.3) is 0 Å². The van der Waals surface area contributed by atoms with Gasteiger partial charge in [-0.1, -0.05) is 194 Å². The molecule has 340 valence electrons. The van der Waals surface area contributed by atoms with E-state index in [9.17, 15) is 0 Å². The molecule has 12 aromatic carbocycles. The van der Waals surface area contributed by atoms with Gasteiger partial charge in [0.05, 0.1) is 0 Å². The minimum absolute atomic E-state index is 1.13. The van der Waals surface area contributed by atoms with Crippen molar-refractivity contribution < 1.29 is 0 Å². The van der Waals surface area contributed by atoms with Crippen molar-refractivity contribution in [1.29, 1.82) is 0 Å². The second-order valence-electron chi connectivity index (χ2n) is 20.7. The Kier molecular flexibility index (Phi) is 9.59. The lowest BCUT2D eigenvalue weighted by atomic mass is 9.79. The van der Waals surface area contributed by atoms with Gasteiger partial charge < -0.3 is 0 Å². The van der Waals surface area contributed by atoms with Crippen molar-refractivity contribution in [2.75, 3.05) is 0 Å². The molecule has 0 fully saturated rings. The number of benzene rings is 12. The first kappa shape index (κ1) is 41.5. The molecule has 0 aromatic heterocycles. The molecule has 0 bridgehead atoms. The molecule has 0 aliphatic heterocycles. The fourth-order valence-corrected chi connectivity index (χ4v) is 13.4. The average Bonchev–Trinajstić information content (AvgIpc) is 3.78. The number of hydrogen-bond acceptors (Lipinski definition) is 0. The molecule has 0 saturated carbocycles. The van der Waals surface area contributed by atoms with Crippen molar-refractivity contribution in [3.8, 4) is 89.0 Å². The fraction of sp³-hybridized carbons (Fsp3) is 0.111. The maximum absolute atomic E-state index is 2.65. The van der Waals surface area contributed by atoms with E-state index in [1.807, 2.05) is 0 Å². The molecule has 0 atom stereocenters. The molecule has 0 spiro atoms. The van der Waals surface area contributed by atoms with Crippen LogP contribution in [-0.2, 0) is 25.7 Å². The van der Waals surface area contributed by atoms with Crippen LogP contribution in [0.1, 0.15) is 47.9 Å². The van der Waals surface area contributed by atoms with Crippen LogP contribution in [0.15, 0.2) is 218 Å². The highest BCUT2D eigenvalue weighted by molar-refractivity contribution is 6.33. The summed E-state index contributed by atoms with van der Waals surface area (Å²) in [5.41, 5.74) is 26.7. The first-order valence-electron chi connectivity index (χ1n) is 26.3. The lowest BCUT2D eigenvalue weighted by Crippen LogP contribution is -2.03. The Labute approximate surface area is 421 Å². The summed E-state index contributed by atoms with van der Waals surface area (Å²) < 4.78 is 0. The SMILES string of the molecule is c1ccc(-c2cc3c(-c4ccc5c(c4)CCCC5)c4cc5c(cc4c(-c4ccc6c(c4)CCCC6)c3cc2-c2ccccc2)-c2c(-c3ccccc3)c3ccccc3c3ccc(-c4ccccc4)c-5c23)cc1. The molecule has 0 radical (unpaired) electrons. The molecule has 3 aliphatic carbocycles. The topological polar surface area (TPSA) is 0 Å². The molecule has 3 aliphatic rings. The lowest BCUT2D eigenvalue weighted by Gasteiger charge is -2.24. The van der Waals surface area contributed by atoms with Crippen molar-refractivity contribution >= 4 is 43.1 Å². The zero-order valence-corrected chi connectivity index (χ0v) is 40.4. The van der Waals surface area contributed by atoms with Crippen molar-refractivity contribution in [2.24, 2.45) is 0 Å². The summed E-state index contributed by atoms with van der Waals surface area (Å²) in [5.74, 6) is 0. The second-order valence-corrected chi connectivity index (χ2v) is 20.7. The predicted molar refractivity (Wildman–Crippen MR) is 307 cm³/mol. The smallest absolute Gasteiger partial charge is 0.000740 e. The molecule has 0 N–H and O–H groups in total. The van der Waals surface area contributed by atoms with Gasteiger partial charge in [-0.2, -0.15) is 0 Å². The minimum atomic E-state index is 1.13. The Balaban J connectivity index is 1.17. The van der Waals surface area contributed by atoms with Crippen LogP contribution >= 0.6 is 0 Å². The maximum atomic E-state index is 2.65. The van der Waals surface area contributed by atoms with E-state index in [-0.39, 0.29) is 0 Å². The van der Waals surface area contributed by atoms with Gasteiger partial charge in [-0.25, -0.2) is 0 Å².